The molecule has 0 aliphatic heterocycles. The van der Waals surface area contributed by atoms with Crippen molar-refractivity contribution in [3.63, 3.8) is 0 Å². The van der Waals surface area contributed by atoms with Crippen LogP contribution in [0.25, 0.3) is 6.08 Å². The standard InChI is InChI=1S/C11H14N2O3/c1-12-7-3-4-9-8-10(13(14)15)5-6-11(9)16-2/h3-6,8,12H,7H2,1-2H3. The maximum atomic E-state index is 10.6. The minimum atomic E-state index is -0.422. The number of likely N-dealkylation sites (N-methyl/N-ethyl adjacent to an activating group) is 1. The van der Waals surface area contributed by atoms with Gasteiger partial charge in [0.1, 0.15) is 5.75 Å². The fourth-order valence-electron chi connectivity index (χ4n) is 1.27. The third-order valence-electron chi connectivity index (χ3n) is 2.04. The Morgan fingerprint density at radius 2 is 2.31 bits per heavy atom. The summed E-state index contributed by atoms with van der Waals surface area (Å²) in [6.07, 6.45) is 3.67. The van der Waals surface area contributed by atoms with Gasteiger partial charge in [-0.15, -0.1) is 0 Å². The second-order valence-corrected chi connectivity index (χ2v) is 3.14. The van der Waals surface area contributed by atoms with Gasteiger partial charge in [-0.1, -0.05) is 12.2 Å². The third kappa shape index (κ3) is 3.06. The predicted octanol–water partition coefficient (Wildman–Crippen LogP) is 1.84. The van der Waals surface area contributed by atoms with Crippen LogP contribution in [-0.4, -0.2) is 25.6 Å². The van der Waals surface area contributed by atoms with Gasteiger partial charge in [0.25, 0.3) is 5.69 Å². The monoisotopic (exact) mass is 222 g/mol. The average Bonchev–Trinajstić information content (AvgIpc) is 2.29. The molecule has 1 rings (SSSR count). The van der Waals surface area contributed by atoms with Crippen molar-refractivity contribution in [2.24, 2.45) is 0 Å². The smallest absolute Gasteiger partial charge is 0.270 e. The summed E-state index contributed by atoms with van der Waals surface area (Å²) in [5.74, 6) is 0.623. The van der Waals surface area contributed by atoms with Crippen molar-refractivity contribution in [1.29, 1.82) is 0 Å². The quantitative estimate of drug-likeness (QED) is 0.609. The van der Waals surface area contributed by atoms with Gasteiger partial charge in [0.05, 0.1) is 12.0 Å². The first kappa shape index (κ1) is 12.2. The van der Waals surface area contributed by atoms with E-state index in [1.54, 1.807) is 12.1 Å². The largest absolute Gasteiger partial charge is 0.496 e. The van der Waals surface area contributed by atoms with E-state index in [0.29, 0.717) is 17.9 Å². The first-order chi connectivity index (χ1) is 7.69. The lowest BCUT2D eigenvalue weighted by molar-refractivity contribution is -0.384. The number of ether oxygens (including phenoxy) is 1. The number of nitro groups is 1. The van der Waals surface area contributed by atoms with Crippen molar-refractivity contribution < 1.29 is 9.66 Å². The molecule has 0 aromatic heterocycles. The molecule has 0 spiro atoms. The van der Waals surface area contributed by atoms with Crippen molar-refractivity contribution in [2.45, 2.75) is 0 Å². The van der Waals surface area contributed by atoms with Crippen molar-refractivity contribution >= 4 is 11.8 Å². The highest BCUT2D eigenvalue weighted by Crippen LogP contribution is 2.24. The second-order valence-electron chi connectivity index (χ2n) is 3.14. The van der Waals surface area contributed by atoms with Crippen LogP contribution >= 0.6 is 0 Å². The Hall–Kier alpha value is -1.88. The molecule has 0 radical (unpaired) electrons. The molecule has 0 amide bonds. The summed E-state index contributed by atoms with van der Waals surface area (Å²) in [6.45, 7) is 0.700. The van der Waals surface area contributed by atoms with Gasteiger partial charge < -0.3 is 10.1 Å². The van der Waals surface area contributed by atoms with Gasteiger partial charge in [-0.2, -0.15) is 0 Å². The minimum absolute atomic E-state index is 0.0601. The van der Waals surface area contributed by atoms with E-state index in [9.17, 15) is 10.1 Å². The number of benzene rings is 1. The van der Waals surface area contributed by atoms with Gasteiger partial charge in [0, 0.05) is 24.2 Å². The Kier molecular flexibility index (Phi) is 4.47. The van der Waals surface area contributed by atoms with Crippen LogP contribution in [0.15, 0.2) is 24.3 Å². The van der Waals surface area contributed by atoms with Crippen LogP contribution in [0.3, 0.4) is 0 Å². The van der Waals surface area contributed by atoms with Crippen molar-refractivity contribution in [3.05, 3.63) is 40.0 Å². The fraction of sp³-hybridized carbons (Fsp3) is 0.273. The summed E-state index contributed by atoms with van der Waals surface area (Å²) in [7, 11) is 3.37. The molecule has 16 heavy (non-hydrogen) atoms. The molecule has 0 saturated carbocycles. The molecule has 1 aromatic rings. The molecule has 86 valence electrons. The Morgan fingerprint density at radius 3 is 2.88 bits per heavy atom. The van der Waals surface area contributed by atoms with Crippen molar-refractivity contribution in [3.8, 4) is 5.75 Å². The van der Waals surface area contributed by atoms with E-state index in [2.05, 4.69) is 5.32 Å². The number of non-ortho nitro benzene ring substituents is 1. The molecule has 0 heterocycles. The van der Waals surface area contributed by atoms with E-state index >= 15 is 0 Å². The molecule has 5 heteroatoms. The molecule has 0 saturated heterocycles. The molecule has 0 fully saturated rings. The Labute approximate surface area is 93.9 Å². The zero-order valence-corrected chi connectivity index (χ0v) is 9.27. The zero-order valence-electron chi connectivity index (χ0n) is 9.27. The number of hydrogen-bond donors (Lipinski definition) is 1. The van der Waals surface area contributed by atoms with Gasteiger partial charge in [0.2, 0.25) is 0 Å². The lowest BCUT2D eigenvalue weighted by Crippen LogP contribution is -2.03. The van der Waals surface area contributed by atoms with Crippen LogP contribution in [0, 0.1) is 10.1 Å². The normalized spacial score (nSPS) is 10.6. The van der Waals surface area contributed by atoms with Crippen LogP contribution in [0.1, 0.15) is 5.56 Å². The number of nitrogens with zero attached hydrogens (tertiary/aromatic N) is 1. The first-order valence-electron chi connectivity index (χ1n) is 4.82. The van der Waals surface area contributed by atoms with Gasteiger partial charge in [-0.3, -0.25) is 10.1 Å². The summed E-state index contributed by atoms with van der Waals surface area (Å²) >= 11 is 0. The summed E-state index contributed by atoms with van der Waals surface area (Å²) in [4.78, 5) is 10.2. The molecule has 0 aliphatic carbocycles. The SMILES string of the molecule is CNCC=Cc1cc([N+](=O)[O-])ccc1OC. The second kappa shape index (κ2) is 5.87. The molecule has 0 aliphatic rings. The summed E-state index contributed by atoms with van der Waals surface area (Å²) in [5, 5.41) is 13.6. The molecule has 0 bridgehead atoms. The van der Waals surface area contributed by atoms with E-state index in [-0.39, 0.29) is 5.69 Å². The predicted molar refractivity (Wildman–Crippen MR) is 62.6 cm³/mol. The molecular weight excluding hydrogens is 208 g/mol. The molecule has 0 unspecified atom stereocenters. The van der Waals surface area contributed by atoms with E-state index in [4.69, 9.17) is 4.74 Å². The maximum absolute atomic E-state index is 10.6. The van der Waals surface area contributed by atoms with E-state index in [1.165, 1.54) is 19.2 Å². The van der Waals surface area contributed by atoms with Crippen LogP contribution in [0.4, 0.5) is 5.69 Å². The van der Waals surface area contributed by atoms with E-state index < -0.39 is 4.92 Å². The van der Waals surface area contributed by atoms with Crippen LogP contribution in [0.5, 0.6) is 5.75 Å². The number of nitro benzene ring substituents is 1. The maximum Gasteiger partial charge on any atom is 0.270 e. The molecule has 5 nitrogen and oxygen atoms in total. The lowest BCUT2D eigenvalue weighted by atomic mass is 10.1. The van der Waals surface area contributed by atoms with Gasteiger partial charge in [-0.25, -0.2) is 0 Å². The summed E-state index contributed by atoms with van der Waals surface area (Å²) < 4.78 is 5.12. The zero-order chi connectivity index (χ0) is 12.0. The highest BCUT2D eigenvalue weighted by Gasteiger charge is 2.08. The third-order valence-corrected chi connectivity index (χ3v) is 2.04. The Morgan fingerprint density at radius 1 is 1.56 bits per heavy atom. The van der Waals surface area contributed by atoms with Gasteiger partial charge in [0.15, 0.2) is 0 Å². The summed E-state index contributed by atoms with van der Waals surface area (Å²) in [5.41, 5.74) is 0.761. The average molecular weight is 222 g/mol. The van der Waals surface area contributed by atoms with E-state index in [1.807, 2.05) is 13.1 Å². The van der Waals surface area contributed by atoms with Crippen LogP contribution < -0.4 is 10.1 Å². The summed E-state index contributed by atoms with van der Waals surface area (Å²) in [6, 6.07) is 4.51. The molecular formula is C11H14N2O3. The minimum Gasteiger partial charge on any atom is -0.496 e. The fourth-order valence-corrected chi connectivity index (χ4v) is 1.27. The Bertz CT molecular complexity index is 402. The van der Waals surface area contributed by atoms with Crippen LogP contribution in [0.2, 0.25) is 0 Å². The van der Waals surface area contributed by atoms with Crippen molar-refractivity contribution in [2.75, 3.05) is 20.7 Å². The lowest BCUT2D eigenvalue weighted by Gasteiger charge is -2.04. The number of hydrogen-bond acceptors (Lipinski definition) is 4. The number of rotatable bonds is 5. The molecule has 0 atom stereocenters. The van der Waals surface area contributed by atoms with Gasteiger partial charge in [-0.05, 0) is 13.1 Å². The van der Waals surface area contributed by atoms with Crippen LogP contribution in [-0.2, 0) is 0 Å². The molecule has 1 aromatic carbocycles. The molecule has 1 N–H and O–H groups in total. The highest BCUT2D eigenvalue weighted by atomic mass is 16.6. The number of methoxy groups -OCH3 is 1. The van der Waals surface area contributed by atoms with Crippen molar-refractivity contribution in [1.82, 2.24) is 5.32 Å². The highest BCUT2D eigenvalue weighted by molar-refractivity contribution is 5.61. The Balaban J connectivity index is 3.02. The number of nitrogens with one attached hydrogen (secondary N) is 1. The van der Waals surface area contributed by atoms with Gasteiger partial charge >= 0.3 is 0 Å². The topological polar surface area (TPSA) is 64.4 Å². The van der Waals surface area contributed by atoms with E-state index in [0.717, 1.165) is 0 Å². The first-order valence-corrected chi connectivity index (χ1v) is 4.82.